The number of halogens is 1. The molecule has 2 unspecified atom stereocenters. The maximum atomic E-state index is 12.0. The van der Waals surface area contributed by atoms with E-state index >= 15 is 0 Å². The van der Waals surface area contributed by atoms with Crippen LogP contribution in [0.25, 0.3) is 0 Å². The minimum Gasteiger partial charge on any atom is -0.335 e. The van der Waals surface area contributed by atoms with E-state index in [9.17, 15) is 4.79 Å². The number of fused-ring (bicyclic) bond motifs is 2. The number of carbonyl (C=O) groups excluding carboxylic acids is 1. The molecule has 1 aromatic carbocycles. The van der Waals surface area contributed by atoms with E-state index in [1.54, 1.807) is 6.07 Å². The van der Waals surface area contributed by atoms with E-state index in [-0.39, 0.29) is 12.1 Å². The maximum absolute atomic E-state index is 12.0. The van der Waals surface area contributed by atoms with Gasteiger partial charge in [0.25, 0.3) is 0 Å². The Morgan fingerprint density at radius 2 is 2.00 bits per heavy atom. The van der Waals surface area contributed by atoms with Gasteiger partial charge in [0.2, 0.25) is 0 Å². The number of piperidine rings is 1. The van der Waals surface area contributed by atoms with Crippen molar-refractivity contribution in [1.82, 2.24) is 10.6 Å². The number of urea groups is 1. The van der Waals surface area contributed by atoms with Gasteiger partial charge in [-0.05, 0) is 50.3 Å². The normalized spacial score (nSPS) is 28.2. The molecule has 2 aliphatic heterocycles. The molecule has 20 heavy (non-hydrogen) atoms. The highest BCUT2D eigenvalue weighted by Gasteiger charge is 2.33. The molecule has 0 radical (unpaired) electrons. The van der Waals surface area contributed by atoms with E-state index in [0.717, 1.165) is 24.1 Å². The molecule has 0 spiro atoms. The molecule has 4 nitrogen and oxygen atoms in total. The molecule has 3 N–H and O–H groups in total. The summed E-state index contributed by atoms with van der Waals surface area (Å²) in [5, 5.41) is 10.2. The molecule has 1 aromatic rings. The van der Waals surface area contributed by atoms with E-state index in [1.165, 1.54) is 12.8 Å². The summed E-state index contributed by atoms with van der Waals surface area (Å²) in [6, 6.07) is 6.84. The van der Waals surface area contributed by atoms with Gasteiger partial charge in [-0.1, -0.05) is 17.7 Å². The highest BCUT2D eigenvalue weighted by molar-refractivity contribution is 6.31. The highest BCUT2D eigenvalue weighted by Crippen LogP contribution is 2.27. The first-order chi connectivity index (χ1) is 9.60. The van der Waals surface area contributed by atoms with Crippen LogP contribution in [0.1, 0.15) is 31.2 Å². The first-order valence-corrected chi connectivity index (χ1v) is 7.57. The van der Waals surface area contributed by atoms with Gasteiger partial charge in [-0.25, -0.2) is 4.79 Å². The first kappa shape index (κ1) is 13.7. The number of anilines is 1. The second-order valence-electron chi connectivity index (χ2n) is 5.87. The Morgan fingerprint density at radius 3 is 2.65 bits per heavy atom. The fourth-order valence-electron chi connectivity index (χ4n) is 3.20. The van der Waals surface area contributed by atoms with Gasteiger partial charge >= 0.3 is 6.03 Å². The van der Waals surface area contributed by atoms with Gasteiger partial charge in [0.1, 0.15) is 0 Å². The maximum Gasteiger partial charge on any atom is 0.319 e. The van der Waals surface area contributed by atoms with Crippen LogP contribution in [-0.4, -0.2) is 24.2 Å². The summed E-state index contributed by atoms with van der Waals surface area (Å²) >= 11 is 6.06. The van der Waals surface area contributed by atoms with Gasteiger partial charge in [0.15, 0.2) is 0 Å². The SMILES string of the molecule is Cc1ccc(NC(=O)NC2CC3CCC(C2)N3)cc1Cl. The van der Waals surface area contributed by atoms with Crippen LogP contribution in [0.2, 0.25) is 5.02 Å². The Kier molecular flexibility index (Phi) is 3.85. The van der Waals surface area contributed by atoms with Crippen LogP contribution in [0.3, 0.4) is 0 Å². The first-order valence-electron chi connectivity index (χ1n) is 7.20. The summed E-state index contributed by atoms with van der Waals surface area (Å²) in [5.41, 5.74) is 1.74. The molecule has 0 aliphatic carbocycles. The zero-order chi connectivity index (χ0) is 14.1. The Balaban J connectivity index is 1.55. The predicted octanol–water partition coefficient (Wildman–Crippen LogP) is 3.05. The van der Waals surface area contributed by atoms with E-state index in [0.29, 0.717) is 17.1 Å². The standard InChI is InChI=1S/C15H20ClN3O/c1-9-2-3-12(8-14(9)16)18-15(20)19-13-6-10-4-5-11(7-13)17-10/h2-3,8,10-11,13,17H,4-7H2,1H3,(H2,18,19,20). The van der Waals surface area contributed by atoms with Crippen molar-refractivity contribution in [1.29, 1.82) is 0 Å². The van der Waals surface area contributed by atoms with Crippen LogP contribution in [0.4, 0.5) is 10.5 Å². The molecule has 2 amide bonds. The van der Waals surface area contributed by atoms with Gasteiger partial charge < -0.3 is 16.0 Å². The van der Waals surface area contributed by atoms with Crippen LogP contribution in [0.15, 0.2) is 18.2 Å². The topological polar surface area (TPSA) is 53.2 Å². The monoisotopic (exact) mass is 293 g/mol. The summed E-state index contributed by atoms with van der Waals surface area (Å²) in [7, 11) is 0. The fourth-order valence-corrected chi connectivity index (χ4v) is 3.38. The summed E-state index contributed by atoms with van der Waals surface area (Å²) in [5.74, 6) is 0. The summed E-state index contributed by atoms with van der Waals surface area (Å²) in [6.07, 6.45) is 4.52. The minimum absolute atomic E-state index is 0.142. The smallest absolute Gasteiger partial charge is 0.319 e. The predicted molar refractivity (Wildman–Crippen MR) is 81.3 cm³/mol. The third kappa shape index (κ3) is 3.07. The lowest BCUT2D eigenvalue weighted by Crippen LogP contribution is -2.49. The van der Waals surface area contributed by atoms with Gasteiger partial charge in [-0.2, -0.15) is 0 Å². The molecule has 0 aromatic heterocycles. The zero-order valence-electron chi connectivity index (χ0n) is 11.6. The molecular weight excluding hydrogens is 274 g/mol. The minimum atomic E-state index is -0.142. The van der Waals surface area contributed by atoms with Crippen LogP contribution in [0.5, 0.6) is 0 Å². The quantitative estimate of drug-likeness (QED) is 0.785. The average molecular weight is 294 g/mol. The van der Waals surface area contributed by atoms with Gasteiger partial charge in [0, 0.05) is 28.8 Å². The van der Waals surface area contributed by atoms with Crippen molar-refractivity contribution in [3.63, 3.8) is 0 Å². The molecule has 2 saturated heterocycles. The molecule has 2 heterocycles. The van der Waals surface area contributed by atoms with Crippen molar-refractivity contribution in [2.75, 3.05) is 5.32 Å². The fraction of sp³-hybridized carbons (Fsp3) is 0.533. The summed E-state index contributed by atoms with van der Waals surface area (Å²) in [6.45, 7) is 1.94. The average Bonchev–Trinajstić information content (AvgIpc) is 2.73. The van der Waals surface area contributed by atoms with Gasteiger partial charge in [0.05, 0.1) is 0 Å². The molecule has 3 rings (SSSR count). The number of nitrogens with one attached hydrogen (secondary N) is 3. The molecule has 5 heteroatoms. The molecule has 2 fully saturated rings. The second kappa shape index (κ2) is 5.62. The third-order valence-electron chi connectivity index (χ3n) is 4.24. The summed E-state index contributed by atoms with van der Waals surface area (Å²) in [4.78, 5) is 12.0. The second-order valence-corrected chi connectivity index (χ2v) is 6.28. The molecule has 108 valence electrons. The third-order valence-corrected chi connectivity index (χ3v) is 4.65. The van der Waals surface area contributed by atoms with Crippen molar-refractivity contribution in [3.8, 4) is 0 Å². The van der Waals surface area contributed by atoms with Crippen LogP contribution < -0.4 is 16.0 Å². The van der Waals surface area contributed by atoms with Crippen LogP contribution >= 0.6 is 11.6 Å². The van der Waals surface area contributed by atoms with E-state index in [4.69, 9.17) is 11.6 Å². The lowest BCUT2D eigenvalue weighted by Gasteiger charge is -2.29. The number of hydrogen-bond donors (Lipinski definition) is 3. The van der Waals surface area contributed by atoms with E-state index in [2.05, 4.69) is 16.0 Å². The van der Waals surface area contributed by atoms with Crippen molar-refractivity contribution < 1.29 is 4.79 Å². The van der Waals surface area contributed by atoms with Gasteiger partial charge in [-0.15, -0.1) is 0 Å². The Hall–Kier alpha value is -1.26. The number of hydrogen-bond acceptors (Lipinski definition) is 2. The number of rotatable bonds is 2. The highest BCUT2D eigenvalue weighted by atomic mass is 35.5. The van der Waals surface area contributed by atoms with Crippen molar-refractivity contribution in [2.45, 2.75) is 50.7 Å². The lowest BCUT2D eigenvalue weighted by molar-refractivity contribution is 0.240. The van der Waals surface area contributed by atoms with E-state index in [1.807, 2.05) is 19.1 Å². The van der Waals surface area contributed by atoms with Crippen LogP contribution in [0, 0.1) is 6.92 Å². The van der Waals surface area contributed by atoms with Crippen LogP contribution in [-0.2, 0) is 0 Å². The lowest BCUT2D eigenvalue weighted by atomic mass is 10.0. The van der Waals surface area contributed by atoms with Gasteiger partial charge in [-0.3, -0.25) is 0 Å². The van der Waals surface area contributed by atoms with Crippen molar-refractivity contribution in [3.05, 3.63) is 28.8 Å². The molecule has 2 aliphatic rings. The number of amides is 2. The Labute approximate surface area is 124 Å². The number of aryl methyl sites for hydroxylation is 1. The number of benzene rings is 1. The van der Waals surface area contributed by atoms with Crippen molar-refractivity contribution >= 4 is 23.3 Å². The summed E-state index contributed by atoms with van der Waals surface area (Å²) < 4.78 is 0. The molecule has 2 bridgehead atoms. The Morgan fingerprint density at radius 1 is 1.30 bits per heavy atom. The van der Waals surface area contributed by atoms with Crippen molar-refractivity contribution in [2.24, 2.45) is 0 Å². The zero-order valence-corrected chi connectivity index (χ0v) is 12.3. The largest absolute Gasteiger partial charge is 0.335 e. The van der Waals surface area contributed by atoms with E-state index < -0.39 is 0 Å². The molecular formula is C15H20ClN3O. The molecule has 0 saturated carbocycles. The Bertz CT molecular complexity index is 508. The number of carbonyl (C=O) groups is 1. The molecule has 2 atom stereocenters.